The van der Waals surface area contributed by atoms with Gasteiger partial charge in [0.15, 0.2) is 0 Å². The van der Waals surface area contributed by atoms with Crippen molar-refractivity contribution in [1.29, 1.82) is 0 Å². The van der Waals surface area contributed by atoms with Crippen molar-refractivity contribution in [3.63, 3.8) is 0 Å². The van der Waals surface area contributed by atoms with E-state index in [0.29, 0.717) is 12.8 Å². The van der Waals surface area contributed by atoms with Crippen LogP contribution in [0, 0.1) is 6.92 Å². The third-order valence-corrected chi connectivity index (χ3v) is 4.01. The predicted octanol–water partition coefficient (Wildman–Crippen LogP) is 5.09. The Morgan fingerprint density at radius 1 is 1.41 bits per heavy atom. The van der Waals surface area contributed by atoms with E-state index in [4.69, 9.17) is 4.74 Å². The second-order valence-electron chi connectivity index (χ2n) is 5.22. The fraction of sp³-hybridized carbons (Fsp3) is 0.444. The minimum atomic E-state index is -0.258. The van der Waals surface area contributed by atoms with Gasteiger partial charge in [0.25, 0.3) is 0 Å². The fourth-order valence-electron chi connectivity index (χ4n) is 2.03. The quantitative estimate of drug-likeness (QED) is 0.342. The molecule has 0 radical (unpaired) electrons. The molecule has 1 heterocycles. The van der Waals surface area contributed by atoms with Crippen molar-refractivity contribution in [3.05, 3.63) is 47.0 Å². The minimum absolute atomic E-state index is 0.155. The molecule has 3 nitrogen and oxygen atoms in total. The van der Waals surface area contributed by atoms with Gasteiger partial charge >= 0.3 is 5.97 Å². The van der Waals surface area contributed by atoms with Crippen LogP contribution in [-0.4, -0.2) is 17.1 Å². The fourth-order valence-corrected chi connectivity index (χ4v) is 2.60. The number of unbranched alkanes of at least 4 members (excludes halogenated alkanes) is 2. The van der Waals surface area contributed by atoms with E-state index in [1.807, 2.05) is 31.4 Å². The molecule has 4 heteroatoms. The lowest BCUT2D eigenvalue weighted by Crippen LogP contribution is -2.18. The monoisotopic (exact) mass is 319 g/mol. The van der Waals surface area contributed by atoms with Crippen LogP contribution >= 0.6 is 11.3 Å². The number of aryl methyl sites for hydroxylation is 1. The van der Waals surface area contributed by atoms with Crippen LogP contribution in [0.15, 0.2) is 36.3 Å². The molecule has 0 fully saturated rings. The first-order valence-electron chi connectivity index (χ1n) is 7.58. The summed E-state index contributed by atoms with van der Waals surface area (Å²) >= 11 is 1.61. The van der Waals surface area contributed by atoms with Crippen LogP contribution in [0.1, 0.15) is 49.7 Å². The Balaban J connectivity index is 2.59. The third kappa shape index (κ3) is 6.85. The zero-order valence-corrected chi connectivity index (χ0v) is 14.3. The van der Waals surface area contributed by atoms with E-state index < -0.39 is 0 Å². The second-order valence-corrected chi connectivity index (χ2v) is 6.28. The average molecular weight is 319 g/mol. The molecule has 0 aliphatic carbocycles. The molecule has 1 aromatic heterocycles. The summed E-state index contributed by atoms with van der Waals surface area (Å²) in [6.07, 6.45) is 9.17. The van der Waals surface area contributed by atoms with E-state index in [-0.39, 0.29) is 12.1 Å². The number of aromatic nitrogens is 1. The van der Waals surface area contributed by atoms with Gasteiger partial charge in [0.1, 0.15) is 6.10 Å². The largest absolute Gasteiger partial charge is 0.457 e. The second kappa shape index (κ2) is 10.1. The van der Waals surface area contributed by atoms with Gasteiger partial charge in [0.05, 0.1) is 10.7 Å². The van der Waals surface area contributed by atoms with Gasteiger partial charge in [-0.15, -0.1) is 24.5 Å². The number of hydrogen-bond acceptors (Lipinski definition) is 4. The normalized spacial score (nSPS) is 12.7. The summed E-state index contributed by atoms with van der Waals surface area (Å²) < 4.78 is 5.58. The van der Waals surface area contributed by atoms with Crippen LogP contribution < -0.4 is 0 Å². The van der Waals surface area contributed by atoms with E-state index in [2.05, 4.69) is 18.1 Å². The van der Waals surface area contributed by atoms with E-state index >= 15 is 0 Å². The zero-order chi connectivity index (χ0) is 16.4. The average Bonchev–Trinajstić information content (AvgIpc) is 2.88. The molecule has 1 rings (SSSR count). The molecule has 1 aromatic rings. The number of thiazole rings is 1. The molecule has 0 N–H and O–H groups in total. The molecule has 0 spiro atoms. The maximum atomic E-state index is 11.9. The van der Waals surface area contributed by atoms with Crippen molar-refractivity contribution >= 4 is 23.4 Å². The molecule has 22 heavy (non-hydrogen) atoms. The molecular weight excluding hydrogens is 294 g/mol. The number of carbonyl (C=O) groups excluding carboxylic acids is 1. The third-order valence-electron chi connectivity index (χ3n) is 3.21. The van der Waals surface area contributed by atoms with Gasteiger partial charge in [-0.1, -0.05) is 12.2 Å². The topological polar surface area (TPSA) is 39.2 Å². The van der Waals surface area contributed by atoms with E-state index in [0.717, 1.165) is 35.5 Å². The molecule has 0 saturated carbocycles. The Morgan fingerprint density at radius 3 is 2.77 bits per heavy atom. The van der Waals surface area contributed by atoms with Crippen molar-refractivity contribution in [1.82, 2.24) is 4.98 Å². The van der Waals surface area contributed by atoms with E-state index in [1.54, 1.807) is 17.4 Å². The lowest BCUT2D eigenvalue weighted by Gasteiger charge is -2.17. The smallest absolute Gasteiger partial charge is 0.306 e. The molecule has 0 aliphatic heterocycles. The number of ether oxygens (including phenoxy) is 1. The lowest BCUT2D eigenvalue weighted by molar-refractivity contribution is -0.147. The van der Waals surface area contributed by atoms with Crippen molar-refractivity contribution in [2.75, 3.05) is 0 Å². The Bertz CT molecular complexity index is 531. The van der Waals surface area contributed by atoms with Gasteiger partial charge in [0.2, 0.25) is 0 Å². The number of allylic oxidation sites excluding steroid dienone is 1. The maximum absolute atomic E-state index is 11.9. The molecule has 0 saturated heterocycles. The van der Waals surface area contributed by atoms with Gasteiger partial charge < -0.3 is 4.74 Å². The Kier molecular flexibility index (Phi) is 8.44. The molecule has 1 atom stereocenters. The Hall–Kier alpha value is -1.68. The molecule has 0 bridgehead atoms. The summed E-state index contributed by atoms with van der Waals surface area (Å²) in [7, 11) is 0. The summed E-state index contributed by atoms with van der Waals surface area (Å²) in [5.41, 5.74) is 1.90. The van der Waals surface area contributed by atoms with Gasteiger partial charge in [-0.05, 0) is 44.8 Å². The van der Waals surface area contributed by atoms with Gasteiger partial charge in [0, 0.05) is 18.2 Å². The van der Waals surface area contributed by atoms with Crippen molar-refractivity contribution in [2.45, 2.75) is 52.1 Å². The van der Waals surface area contributed by atoms with Gasteiger partial charge in [-0.25, -0.2) is 4.98 Å². The van der Waals surface area contributed by atoms with Gasteiger partial charge in [-0.3, -0.25) is 4.79 Å². The molecule has 0 aliphatic rings. The number of carbonyl (C=O) groups is 1. The summed E-state index contributed by atoms with van der Waals surface area (Å²) in [6.45, 7) is 11.4. The SMILES string of the molecule is C=CCCCCC(=O)O[C@@H](CC=C)/C(C)=C/c1csc(C)n1. The van der Waals surface area contributed by atoms with Crippen molar-refractivity contribution in [2.24, 2.45) is 0 Å². The van der Waals surface area contributed by atoms with Crippen LogP contribution in [0.3, 0.4) is 0 Å². The van der Waals surface area contributed by atoms with Crippen LogP contribution in [0.4, 0.5) is 0 Å². The zero-order valence-electron chi connectivity index (χ0n) is 13.5. The molecule has 120 valence electrons. The van der Waals surface area contributed by atoms with Gasteiger partial charge in [-0.2, -0.15) is 0 Å². The Labute approximate surface area is 137 Å². The van der Waals surface area contributed by atoms with Crippen LogP contribution in [0.25, 0.3) is 6.08 Å². The molecule has 0 aromatic carbocycles. The highest BCUT2D eigenvalue weighted by Crippen LogP contribution is 2.18. The number of rotatable bonds is 10. The first kappa shape index (κ1) is 18.4. The molecule has 0 unspecified atom stereocenters. The van der Waals surface area contributed by atoms with E-state index in [9.17, 15) is 4.79 Å². The van der Waals surface area contributed by atoms with E-state index in [1.165, 1.54) is 0 Å². The molecular formula is C18H25NO2S. The summed E-state index contributed by atoms with van der Waals surface area (Å²) in [4.78, 5) is 16.3. The van der Waals surface area contributed by atoms with Crippen LogP contribution in [0.2, 0.25) is 0 Å². The highest BCUT2D eigenvalue weighted by atomic mass is 32.1. The maximum Gasteiger partial charge on any atom is 0.306 e. The standard InChI is InChI=1S/C18H25NO2S/c1-5-7-8-9-11-18(20)21-17(10-6-2)14(3)12-16-13-22-15(4)19-16/h5-6,12-13,17H,1-2,7-11H2,3-4H3/b14-12+/t17-/m0/s1. The summed E-state index contributed by atoms with van der Waals surface area (Å²) in [5.74, 6) is -0.155. The van der Waals surface area contributed by atoms with Crippen molar-refractivity contribution < 1.29 is 9.53 Å². The van der Waals surface area contributed by atoms with Crippen LogP contribution in [-0.2, 0) is 9.53 Å². The first-order valence-corrected chi connectivity index (χ1v) is 8.46. The molecule has 0 amide bonds. The number of esters is 1. The highest BCUT2D eigenvalue weighted by molar-refractivity contribution is 7.09. The summed E-state index contributed by atoms with van der Waals surface area (Å²) in [5, 5.41) is 3.03. The lowest BCUT2D eigenvalue weighted by atomic mass is 10.1. The number of hydrogen-bond donors (Lipinski definition) is 0. The highest BCUT2D eigenvalue weighted by Gasteiger charge is 2.15. The first-order chi connectivity index (χ1) is 10.6. The number of nitrogens with zero attached hydrogens (tertiary/aromatic N) is 1. The van der Waals surface area contributed by atoms with Crippen LogP contribution in [0.5, 0.6) is 0 Å². The van der Waals surface area contributed by atoms with Crippen molar-refractivity contribution in [3.8, 4) is 0 Å². The predicted molar refractivity (Wildman–Crippen MR) is 93.9 cm³/mol. The Morgan fingerprint density at radius 2 is 2.18 bits per heavy atom. The summed E-state index contributed by atoms with van der Waals surface area (Å²) in [6, 6.07) is 0. The minimum Gasteiger partial charge on any atom is -0.457 e.